The van der Waals surface area contributed by atoms with Crippen molar-refractivity contribution in [2.24, 2.45) is 0 Å². The Morgan fingerprint density at radius 2 is 1.86 bits per heavy atom. The minimum atomic E-state index is -2.82. The SMILES string of the molecule is OC(CNc1ccc(OC(F)F)cc1)COC1CCCC1. The number of halogens is 2. The summed E-state index contributed by atoms with van der Waals surface area (Å²) in [6.07, 6.45) is 4.24. The first-order valence-electron chi connectivity index (χ1n) is 7.22. The van der Waals surface area contributed by atoms with Gasteiger partial charge in [0, 0.05) is 12.2 Å². The quantitative estimate of drug-likeness (QED) is 0.775. The van der Waals surface area contributed by atoms with E-state index in [0.717, 1.165) is 18.5 Å². The second kappa shape index (κ2) is 8.14. The van der Waals surface area contributed by atoms with Crippen LogP contribution in [-0.2, 0) is 4.74 Å². The van der Waals surface area contributed by atoms with Gasteiger partial charge in [-0.15, -0.1) is 0 Å². The van der Waals surface area contributed by atoms with Crippen molar-refractivity contribution in [1.82, 2.24) is 0 Å². The fraction of sp³-hybridized carbons (Fsp3) is 0.600. The third kappa shape index (κ3) is 5.85. The molecule has 2 N–H and O–H groups in total. The highest BCUT2D eigenvalue weighted by Crippen LogP contribution is 2.21. The maximum Gasteiger partial charge on any atom is 0.387 e. The molecule has 1 aromatic rings. The van der Waals surface area contributed by atoms with Crippen LogP contribution in [0.4, 0.5) is 14.5 Å². The molecule has 1 aliphatic rings. The van der Waals surface area contributed by atoms with E-state index in [9.17, 15) is 13.9 Å². The summed E-state index contributed by atoms with van der Waals surface area (Å²) in [5.74, 6) is 0.112. The van der Waals surface area contributed by atoms with E-state index in [1.165, 1.54) is 25.0 Å². The summed E-state index contributed by atoms with van der Waals surface area (Å²) in [7, 11) is 0. The number of aliphatic hydroxyl groups excluding tert-OH is 1. The lowest BCUT2D eigenvalue weighted by molar-refractivity contribution is -0.0498. The molecule has 0 spiro atoms. The molecule has 1 fully saturated rings. The van der Waals surface area contributed by atoms with Crippen LogP contribution < -0.4 is 10.1 Å². The third-order valence-electron chi connectivity index (χ3n) is 3.45. The van der Waals surface area contributed by atoms with Gasteiger partial charge in [-0.2, -0.15) is 8.78 Å². The van der Waals surface area contributed by atoms with Gasteiger partial charge in [-0.25, -0.2) is 0 Å². The van der Waals surface area contributed by atoms with E-state index in [-0.39, 0.29) is 11.9 Å². The van der Waals surface area contributed by atoms with Crippen LogP contribution in [0.2, 0.25) is 0 Å². The summed E-state index contributed by atoms with van der Waals surface area (Å²) in [5.41, 5.74) is 0.733. The maximum atomic E-state index is 12.0. The van der Waals surface area contributed by atoms with Gasteiger partial charge in [0.05, 0.1) is 18.8 Å². The normalized spacial score (nSPS) is 17.1. The van der Waals surface area contributed by atoms with Crippen molar-refractivity contribution in [3.05, 3.63) is 24.3 Å². The molecule has 0 bridgehead atoms. The largest absolute Gasteiger partial charge is 0.435 e. The van der Waals surface area contributed by atoms with Crippen LogP contribution in [0.1, 0.15) is 25.7 Å². The van der Waals surface area contributed by atoms with Gasteiger partial charge < -0.3 is 19.9 Å². The lowest BCUT2D eigenvalue weighted by atomic mass is 10.2. The number of rotatable bonds is 8. The van der Waals surface area contributed by atoms with E-state index in [2.05, 4.69) is 10.1 Å². The highest BCUT2D eigenvalue weighted by molar-refractivity contribution is 5.46. The van der Waals surface area contributed by atoms with Crippen LogP contribution in [0.3, 0.4) is 0 Å². The van der Waals surface area contributed by atoms with Crippen molar-refractivity contribution < 1.29 is 23.4 Å². The number of aliphatic hydroxyl groups is 1. The molecule has 0 radical (unpaired) electrons. The van der Waals surface area contributed by atoms with Crippen molar-refractivity contribution in [3.8, 4) is 5.75 Å². The number of benzene rings is 1. The predicted molar refractivity (Wildman–Crippen MR) is 75.8 cm³/mol. The Morgan fingerprint density at radius 3 is 2.48 bits per heavy atom. The highest BCUT2D eigenvalue weighted by atomic mass is 19.3. The molecule has 1 atom stereocenters. The van der Waals surface area contributed by atoms with Crippen molar-refractivity contribution in [1.29, 1.82) is 0 Å². The molecule has 0 aliphatic heterocycles. The van der Waals surface area contributed by atoms with Gasteiger partial charge >= 0.3 is 6.61 Å². The van der Waals surface area contributed by atoms with Crippen LogP contribution in [0, 0.1) is 0 Å². The topological polar surface area (TPSA) is 50.7 Å². The molecule has 21 heavy (non-hydrogen) atoms. The Bertz CT molecular complexity index is 408. The van der Waals surface area contributed by atoms with Gasteiger partial charge in [0.15, 0.2) is 0 Å². The standard InChI is InChI=1S/C15H21F2NO3/c16-15(17)21-14-7-5-11(6-8-14)18-9-12(19)10-20-13-3-1-2-4-13/h5-8,12-13,15,18-19H,1-4,9-10H2. The summed E-state index contributed by atoms with van der Waals surface area (Å²) < 4.78 is 33.9. The van der Waals surface area contributed by atoms with E-state index in [0.29, 0.717) is 13.2 Å². The summed E-state index contributed by atoms with van der Waals surface area (Å²) >= 11 is 0. The zero-order valence-electron chi connectivity index (χ0n) is 11.8. The van der Waals surface area contributed by atoms with Crippen molar-refractivity contribution in [2.75, 3.05) is 18.5 Å². The van der Waals surface area contributed by atoms with Crippen molar-refractivity contribution >= 4 is 5.69 Å². The van der Waals surface area contributed by atoms with E-state index >= 15 is 0 Å². The van der Waals surface area contributed by atoms with Gasteiger partial charge in [-0.05, 0) is 37.1 Å². The minimum Gasteiger partial charge on any atom is -0.435 e. The van der Waals surface area contributed by atoms with Gasteiger partial charge in [-0.1, -0.05) is 12.8 Å². The molecule has 118 valence electrons. The average Bonchev–Trinajstić information content (AvgIpc) is 2.97. The Morgan fingerprint density at radius 1 is 1.19 bits per heavy atom. The molecule has 0 heterocycles. The first-order chi connectivity index (χ1) is 10.1. The van der Waals surface area contributed by atoms with Crippen molar-refractivity contribution in [3.63, 3.8) is 0 Å². The fourth-order valence-corrected chi connectivity index (χ4v) is 2.35. The number of hydrogen-bond acceptors (Lipinski definition) is 4. The molecule has 6 heteroatoms. The summed E-state index contributed by atoms with van der Waals surface area (Å²) in [4.78, 5) is 0. The van der Waals surface area contributed by atoms with E-state index in [1.54, 1.807) is 12.1 Å². The smallest absolute Gasteiger partial charge is 0.387 e. The summed E-state index contributed by atoms with van der Waals surface area (Å²) in [6.45, 7) is -2.16. The Hall–Kier alpha value is -1.40. The summed E-state index contributed by atoms with van der Waals surface area (Å²) in [5, 5.41) is 12.9. The molecule has 4 nitrogen and oxygen atoms in total. The van der Waals surface area contributed by atoms with Crippen LogP contribution in [0.15, 0.2) is 24.3 Å². The molecule has 1 aromatic carbocycles. The first kappa shape index (κ1) is 16.0. The highest BCUT2D eigenvalue weighted by Gasteiger charge is 2.16. The molecule has 0 aromatic heterocycles. The number of anilines is 1. The number of alkyl halides is 2. The maximum absolute atomic E-state index is 12.0. The number of nitrogens with one attached hydrogen (secondary N) is 1. The van der Waals surface area contributed by atoms with Gasteiger partial charge in [0.25, 0.3) is 0 Å². The Labute approximate surface area is 123 Å². The molecular formula is C15H21F2NO3. The van der Waals surface area contributed by atoms with Crippen LogP contribution in [0.25, 0.3) is 0 Å². The van der Waals surface area contributed by atoms with Gasteiger partial charge in [0.2, 0.25) is 0 Å². The van der Waals surface area contributed by atoms with Crippen molar-refractivity contribution in [2.45, 2.75) is 44.5 Å². The van der Waals surface area contributed by atoms with Crippen LogP contribution in [0.5, 0.6) is 5.75 Å². The van der Waals surface area contributed by atoms with Gasteiger partial charge in [0.1, 0.15) is 5.75 Å². The van der Waals surface area contributed by atoms with Crippen LogP contribution in [-0.4, -0.2) is 37.1 Å². The Balaban J connectivity index is 1.66. The zero-order chi connectivity index (χ0) is 15.1. The second-order valence-corrected chi connectivity index (χ2v) is 5.18. The first-order valence-corrected chi connectivity index (χ1v) is 7.22. The molecule has 1 saturated carbocycles. The molecule has 2 rings (SSSR count). The second-order valence-electron chi connectivity index (χ2n) is 5.18. The lowest BCUT2D eigenvalue weighted by Gasteiger charge is -2.16. The summed E-state index contributed by atoms with van der Waals surface area (Å²) in [6, 6.07) is 6.16. The average molecular weight is 301 g/mol. The zero-order valence-corrected chi connectivity index (χ0v) is 11.8. The van der Waals surface area contributed by atoms with E-state index in [4.69, 9.17) is 4.74 Å². The molecule has 1 aliphatic carbocycles. The van der Waals surface area contributed by atoms with Gasteiger partial charge in [-0.3, -0.25) is 0 Å². The lowest BCUT2D eigenvalue weighted by Crippen LogP contribution is -2.27. The number of ether oxygens (including phenoxy) is 2. The molecule has 0 amide bonds. The van der Waals surface area contributed by atoms with Crippen LogP contribution >= 0.6 is 0 Å². The van der Waals surface area contributed by atoms with E-state index in [1.807, 2.05) is 0 Å². The number of hydrogen-bond donors (Lipinski definition) is 2. The molecule has 1 unspecified atom stereocenters. The van der Waals surface area contributed by atoms with E-state index < -0.39 is 12.7 Å². The monoisotopic (exact) mass is 301 g/mol. The predicted octanol–water partition coefficient (Wildman–Crippen LogP) is 3.02. The molecular weight excluding hydrogens is 280 g/mol. The molecule has 0 saturated heterocycles. The fourth-order valence-electron chi connectivity index (χ4n) is 2.35. The minimum absolute atomic E-state index is 0.112. The third-order valence-corrected chi connectivity index (χ3v) is 3.45. The Kier molecular flexibility index (Phi) is 6.20.